The van der Waals surface area contributed by atoms with E-state index in [4.69, 9.17) is 9.47 Å². The Kier molecular flexibility index (Phi) is 5.54. The van der Waals surface area contributed by atoms with E-state index >= 15 is 0 Å². The number of rotatable bonds is 6. The first-order valence-corrected chi connectivity index (χ1v) is 10.5. The van der Waals surface area contributed by atoms with Gasteiger partial charge in [-0.05, 0) is 46.5 Å². The number of aromatic nitrogens is 1. The molecule has 0 saturated heterocycles. The maximum atomic E-state index is 13.8. The van der Waals surface area contributed by atoms with Gasteiger partial charge in [0.1, 0.15) is 0 Å². The van der Waals surface area contributed by atoms with Crippen molar-refractivity contribution < 1.29 is 14.3 Å². The van der Waals surface area contributed by atoms with Crippen molar-refractivity contribution in [3.63, 3.8) is 0 Å². The number of benzene rings is 3. The minimum absolute atomic E-state index is 0.0361. The standard InChI is InChI=1S/C27H22N2O3/c30-27(24-11-5-4-10-23(24)22-8-2-1-3-9-22)29(18-21-7-6-14-28-16-21)17-20-12-13-25-26(15-20)32-19-31-25/h1-16H,17-19H2. The first kappa shape index (κ1) is 19.8. The van der Waals surface area contributed by atoms with Crippen LogP contribution in [0.5, 0.6) is 11.5 Å². The average molecular weight is 422 g/mol. The highest BCUT2D eigenvalue weighted by atomic mass is 16.7. The second-order valence-corrected chi connectivity index (χ2v) is 7.62. The van der Waals surface area contributed by atoms with E-state index in [2.05, 4.69) is 4.98 Å². The van der Waals surface area contributed by atoms with Crippen molar-refractivity contribution in [2.24, 2.45) is 0 Å². The highest BCUT2D eigenvalue weighted by Gasteiger charge is 2.21. The highest BCUT2D eigenvalue weighted by molar-refractivity contribution is 6.00. The number of amides is 1. The Morgan fingerprint density at radius 2 is 1.59 bits per heavy atom. The summed E-state index contributed by atoms with van der Waals surface area (Å²) in [5, 5.41) is 0. The minimum Gasteiger partial charge on any atom is -0.454 e. The molecule has 32 heavy (non-hydrogen) atoms. The monoisotopic (exact) mass is 422 g/mol. The zero-order valence-corrected chi connectivity index (χ0v) is 17.5. The number of hydrogen-bond donors (Lipinski definition) is 0. The van der Waals surface area contributed by atoms with Crippen LogP contribution in [-0.4, -0.2) is 22.6 Å². The van der Waals surface area contributed by atoms with Crippen LogP contribution in [0, 0.1) is 0 Å². The van der Waals surface area contributed by atoms with Gasteiger partial charge in [0.15, 0.2) is 11.5 Å². The van der Waals surface area contributed by atoms with Gasteiger partial charge in [-0.2, -0.15) is 0 Å². The van der Waals surface area contributed by atoms with E-state index in [0.29, 0.717) is 24.4 Å². The Morgan fingerprint density at radius 1 is 0.812 bits per heavy atom. The molecular formula is C27H22N2O3. The number of ether oxygens (including phenoxy) is 2. The molecule has 0 N–H and O–H groups in total. The second-order valence-electron chi connectivity index (χ2n) is 7.62. The van der Waals surface area contributed by atoms with Crippen molar-refractivity contribution in [2.45, 2.75) is 13.1 Å². The molecule has 0 aliphatic carbocycles. The summed E-state index contributed by atoms with van der Waals surface area (Å²) in [6.45, 7) is 1.11. The lowest BCUT2D eigenvalue weighted by Crippen LogP contribution is -2.30. The van der Waals surface area contributed by atoms with E-state index in [9.17, 15) is 4.79 Å². The summed E-state index contributed by atoms with van der Waals surface area (Å²) in [5.41, 5.74) is 4.55. The average Bonchev–Trinajstić information content (AvgIpc) is 3.32. The molecule has 1 aliphatic rings. The summed E-state index contributed by atoms with van der Waals surface area (Å²) in [6, 6.07) is 27.4. The summed E-state index contributed by atoms with van der Waals surface area (Å²) >= 11 is 0. The van der Waals surface area contributed by atoms with E-state index < -0.39 is 0 Å². The second kappa shape index (κ2) is 8.94. The van der Waals surface area contributed by atoms with Crippen molar-refractivity contribution in [1.82, 2.24) is 9.88 Å². The van der Waals surface area contributed by atoms with Crippen molar-refractivity contribution in [3.8, 4) is 22.6 Å². The van der Waals surface area contributed by atoms with E-state index in [1.165, 1.54) is 0 Å². The van der Waals surface area contributed by atoms with Crippen molar-refractivity contribution >= 4 is 5.91 Å². The molecule has 5 nitrogen and oxygen atoms in total. The molecule has 4 aromatic rings. The molecule has 5 heteroatoms. The van der Waals surface area contributed by atoms with E-state index in [1.807, 2.05) is 89.8 Å². The number of fused-ring (bicyclic) bond motifs is 1. The summed E-state index contributed by atoms with van der Waals surface area (Å²) in [4.78, 5) is 19.9. The van der Waals surface area contributed by atoms with Crippen LogP contribution in [0.25, 0.3) is 11.1 Å². The van der Waals surface area contributed by atoms with Gasteiger partial charge in [0, 0.05) is 31.0 Å². The fraction of sp³-hybridized carbons (Fsp3) is 0.111. The van der Waals surface area contributed by atoms with Gasteiger partial charge in [-0.1, -0.05) is 60.7 Å². The third-order valence-corrected chi connectivity index (χ3v) is 5.44. The Labute approximate surface area is 186 Å². The predicted molar refractivity (Wildman–Crippen MR) is 122 cm³/mol. The van der Waals surface area contributed by atoms with Crippen molar-refractivity contribution in [1.29, 1.82) is 0 Å². The van der Waals surface area contributed by atoms with Gasteiger partial charge in [0.25, 0.3) is 5.91 Å². The lowest BCUT2D eigenvalue weighted by atomic mass is 9.98. The number of nitrogens with zero attached hydrogens (tertiary/aromatic N) is 2. The summed E-state index contributed by atoms with van der Waals surface area (Å²) in [7, 11) is 0. The molecule has 2 heterocycles. The van der Waals surface area contributed by atoms with Gasteiger partial charge in [0.05, 0.1) is 0 Å². The Hall–Kier alpha value is -4.12. The van der Waals surface area contributed by atoms with Gasteiger partial charge in [-0.3, -0.25) is 9.78 Å². The topological polar surface area (TPSA) is 51.7 Å². The number of carbonyl (C=O) groups excluding carboxylic acids is 1. The quantitative estimate of drug-likeness (QED) is 0.422. The summed E-state index contributed by atoms with van der Waals surface area (Å²) in [6.07, 6.45) is 3.53. The Morgan fingerprint density at radius 3 is 2.44 bits per heavy atom. The Balaban J connectivity index is 1.50. The van der Waals surface area contributed by atoms with Crippen molar-refractivity contribution in [2.75, 3.05) is 6.79 Å². The molecule has 1 aliphatic heterocycles. The van der Waals surface area contributed by atoms with E-state index in [1.54, 1.807) is 12.4 Å². The molecular weight excluding hydrogens is 400 g/mol. The van der Waals surface area contributed by atoms with Crippen LogP contribution in [0.3, 0.4) is 0 Å². The van der Waals surface area contributed by atoms with Crippen molar-refractivity contribution in [3.05, 3.63) is 114 Å². The summed E-state index contributed by atoms with van der Waals surface area (Å²) in [5.74, 6) is 1.40. The predicted octanol–water partition coefficient (Wildman–Crippen LogP) is 5.32. The molecule has 158 valence electrons. The van der Waals surface area contributed by atoms with Crippen LogP contribution < -0.4 is 9.47 Å². The lowest BCUT2D eigenvalue weighted by Gasteiger charge is -2.24. The third-order valence-electron chi connectivity index (χ3n) is 5.44. The molecule has 1 aromatic heterocycles. The fourth-order valence-corrected chi connectivity index (χ4v) is 3.88. The molecule has 0 bridgehead atoms. The SMILES string of the molecule is O=C(c1ccccc1-c1ccccc1)N(Cc1cccnc1)Cc1ccc2c(c1)OCO2. The molecule has 0 unspecified atom stereocenters. The molecule has 3 aromatic carbocycles. The molecule has 1 amide bonds. The van der Waals surface area contributed by atoms with Gasteiger partial charge in [0.2, 0.25) is 6.79 Å². The first-order valence-electron chi connectivity index (χ1n) is 10.5. The van der Waals surface area contributed by atoms with Gasteiger partial charge >= 0.3 is 0 Å². The third kappa shape index (κ3) is 4.18. The number of carbonyl (C=O) groups is 1. The molecule has 0 saturated carbocycles. The molecule has 0 atom stereocenters. The Bertz CT molecular complexity index is 1230. The van der Waals surface area contributed by atoms with Gasteiger partial charge < -0.3 is 14.4 Å². The zero-order chi connectivity index (χ0) is 21.8. The first-order chi connectivity index (χ1) is 15.8. The normalized spacial score (nSPS) is 11.9. The van der Waals surface area contributed by atoms with Crippen LogP contribution >= 0.6 is 0 Å². The molecule has 0 spiro atoms. The lowest BCUT2D eigenvalue weighted by molar-refractivity contribution is 0.0730. The maximum Gasteiger partial charge on any atom is 0.255 e. The minimum atomic E-state index is -0.0361. The van der Waals surface area contributed by atoms with Crippen LogP contribution in [0.4, 0.5) is 0 Å². The molecule has 5 rings (SSSR count). The van der Waals surface area contributed by atoms with Crippen LogP contribution in [0.2, 0.25) is 0 Å². The molecule has 0 radical (unpaired) electrons. The molecule has 0 fully saturated rings. The van der Waals surface area contributed by atoms with E-state index in [0.717, 1.165) is 28.0 Å². The maximum absolute atomic E-state index is 13.8. The highest BCUT2D eigenvalue weighted by Crippen LogP contribution is 2.33. The van der Waals surface area contributed by atoms with E-state index in [-0.39, 0.29) is 12.7 Å². The van der Waals surface area contributed by atoms with Crippen LogP contribution in [0.1, 0.15) is 21.5 Å². The van der Waals surface area contributed by atoms with Gasteiger partial charge in [-0.15, -0.1) is 0 Å². The largest absolute Gasteiger partial charge is 0.454 e. The zero-order valence-electron chi connectivity index (χ0n) is 17.5. The van der Waals surface area contributed by atoms with Crippen LogP contribution in [0.15, 0.2) is 97.3 Å². The number of pyridine rings is 1. The number of hydrogen-bond acceptors (Lipinski definition) is 4. The van der Waals surface area contributed by atoms with Crippen LogP contribution in [-0.2, 0) is 13.1 Å². The smallest absolute Gasteiger partial charge is 0.255 e. The van der Waals surface area contributed by atoms with Gasteiger partial charge in [-0.25, -0.2) is 0 Å². The summed E-state index contributed by atoms with van der Waals surface area (Å²) < 4.78 is 10.9. The fourth-order valence-electron chi connectivity index (χ4n) is 3.88.